The maximum Gasteiger partial charge on any atom is 0.357 e. The molecule has 0 spiro atoms. The minimum absolute atomic E-state index is 0.241. The lowest BCUT2D eigenvalue weighted by molar-refractivity contribution is 0.0387. The summed E-state index contributed by atoms with van der Waals surface area (Å²) in [6.07, 6.45) is 0. The van der Waals surface area contributed by atoms with Crippen molar-refractivity contribution in [2.24, 2.45) is 5.41 Å². The van der Waals surface area contributed by atoms with E-state index in [1.165, 1.54) is 7.11 Å². The van der Waals surface area contributed by atoms with Gasteiger partial charge in [-0.1, -0.05) is 37.0 Å². The predicted octanol–water partition coefficient (Wildman–Crippen LogP) is 6.39. The number of anilines is 1. The summed E-state index contributed by atoms with van der Waals surface area (Å²) in [5, 5.41) is 3.94. The van der Waals surface area contributed by atoms with E-state index in [-0.39, 0.29) is 5.41 Å². The lowest BCUT2D eigenvalue weighted by atomic mass is 9.97. The van der Waals surface area contributed by atoms with Crippen LogP contribution in [-0.4, -0.2) is 27.4 Å². The Hall–Kier alpha value is -1.43. The number of nitrogens with one attached hydrogen (secondary N) is 1. The van der Waals surface area contributed by atoms with Crippen LogP contribution in [-0.2, 0) is 13.6 Å². The van der Waals surface area contributed by atoms with Gasteiger partial charge in [0.15, 0.2) is 5.78 Å². The summed E-state index contributed by atoms with van der Waals surface area (Å²) in [5.74, 6) is 0.182. The molecule has 1 aliphatic heterocycles. The molecule has 2 aromatic rings. The Bertz CT molecular complexity index is 906. The highest BCUT2D eigenvalue weighted by atomic mass is 35.5. The first-order chi connectivity index (χ1) is 13.7. The van der Waals surface area contributed by atoms with Gasteiger partial charge in [-0.05, 0) is 36.4 Å². The van der Waals surface area contributed by atoms with Crippen LogP contribution in [0, 0.1) is 5.41 Å². The second kappa shape index (κ2) is 8.75. The molecular weight excluding hydrogens is 436 g/mol. The lowest BCUT2D eigenvalue weighted by Crippen LogP contribution is -2.32. The molecule has 0 unspecified atom stereocenters. The minimum atomic E-state index is -3.63. The summed E-state index contributed by atoms with van der Waals surface area (Å²) in [5.41, 5.74) is 0.944. The normalized spacial score (nSPS) is 18.7. The van der Waals surface area contributed by atoms with E-state index in [0.717, 1.165) is 0 Å². The lowest BCUT2D eigenvalue weighted by Gasteiger charge is -2.38. The zero-order chi connectivity index (χ0) is 21.2. The summed E-state index contributed by atoms with van der Waals surface area (Å²) in [7, 11) is -0.547. The van der Waals surface area contributed by atoms with Gasteiger partial charge in [-0.25, -0.2) is 0 Å². The maximum atomic E-state index is 13.8. The number of methoxy groups -OCH3 is 2. The Morgan fingerprint density at radius 2 is 1.69 bits per heavy atom. The van der Waals surface area contributed by atoms with Gasteiger partial charge in [0.1, 0.15) is 11.5 Å². The number of hydrogen-bond acceptors (Lipinski definition) is 6. The molecule has 1 atom stereocenters. The third kappa shape index (κ3) is 5.01. The van der Waals surface area contributed by atoms with Crippen molar-refractivity contribution in [3.8, 4) is 11.5 Å². The minimum Gasteiger partial charge on any atom is -0.497 e. The van der Waals surface area contributed by atoms with Crippen molar-refractivity contribution >= 4 is 36.5 Å². The van der Waals surface area contributed by atoms with Crippen molar-refractivity contribution in [1.82, 2.24) is 0 Å². The fourth-order valence-electron chi connectivity index (χ4n) is 2.93. The van der Waals surface area contributed by atoms with Crippen molar-refractivity contribution in [2.45, 2.75) is 19.6 Å². The van der Waals surface area contributed by atoms with E-state index in [9.17, 15) is 4.57 Å². The van der Waals surface area contributed by atoms with Gasteiger partial charge in [0, 0.05) is 21.7 Å². The smallest absolute Gasteiger partial charge is 0.357 e. The molecule has 1 heterocycles. The standard InChI is InChI=1S/C20H24Cl2NO5P/c1-20(2)11-27-29(24,28-12-20)19(23-14-5-7-15(25-3)8-6-14)16-9-13(21)10-17(22)18(16)26-4/h5-10,19,23H,11-12H2,1-4H3/t19-/m0/s1. The van der Waals surface area contributed by atoms with Crippen LogP contribution >= 0.6 is 30.8 Å². The molecule has 2 aromatic carbocycles. The van der Waals surface area contributed by atoms with Crippen molar-refractivity contribution in [1.29, 1.82) is 0 Å². The molecule has 1 saturated heterocycles. The van der Waals surface area contributed by atoms with Crippen LogP contribution < -0.4 is 14.8 Å². The summed E-state index contributed by atoms with van der Waals surface area (Å²) in [6, 6.07) is 10.4. The monoisotopic (exact) mass is 459 g/mol. The van der Waals surface area contributed by atoms with Gasteiger partial charge in [0.25, 0.3) is 0 Å². The highest BCUT2D eigenvalue weighted by Gasteiger charge is 2.45. The van der Waals surface area contributed by atoms with E-state index < -0.39 is 13.4 Å². The van der Waals surface area contributed by atoms with Gasteiger partial charge in [-0.3, -0.25) is 4.57 Å². The van der Waals surface area contributed by atoms with Crippen molar-refractivity contribution < 1.29 is 23.1 Å². The number of ether oxygens (including phenoxy) is 2. The van der Waals surface area contributed by atoms with Crippen LogP contribution in [0.5, 0.6) is 11.5 Å². The SMILES string of the molecule is COc1ccc(N[C@H](c2cc(Cl)cc(Cl)c2OC)P2(=O)OCC(C)(C)CO2)cc1. The molecule has 9 heteroatoms. The molecule has 1 fully saturated rings. The van der Waals surface area contributed by atoms with Gasteiger partial charge in [-0.15, -0.1) is 0 Å². The Morgan fingerprint density at radius 3 is 2.24 bits per heavy atom. The third-order valence-corrected chi connectivity index (χ3v) is 7.03. The third-order valence-electron chi connectivity index (χ3n) is 4.52. The summed E-state index contributed by atoms with van der Waals surface area (Å²) in [4.78, 5) is 0. The largest absolute Gasteiger partial charge is 0.497 e. The summed E-state index contributed by atoms with van der Waals surface area (Å²) < 4.78 is 36.0. The molecule has 158 valence electrons. The van der Waals surface area contributed by atoms with Crippen LogP contribution in [0.2, 0.25) is 10.0 Å². The van der Waals surface area contributed by atoms with Crippen molar-refractivity contribution in [3.63, 3.8) is 0 Å². The first-order valence-corrected chi connectivity index (χ1v) is 11.4. The van der Waals surface area contributed by atoms with E-state index in [1.54, 1.807) is 31.4 Å². The van der Waals surface area contributed by atoms with Crippen LogP contribution in [0.3, 0.4) is 0 Å². The summed E-state index contributed by atoms with van der Waals surface area (Å²) >= 11 is 12.6. The second-order valence-corrected chi connectivity index (χ2v) is 10.5. The molecule has 0 saturated carbocycles. The van der Waals surface area contributed by atoms with E-state index in [1.807, 2.05) is 26.0 Å². The van der Waals surface area contributed by atoms with E-state index >= 15 is 0 Å². The fourth-order valence-corrected chi connectivity index (χ4v) is 5.79. The van der Waals surface area contributed by atoms with Crippen LogP contribution in [0.4, 0.5) is 5.69 Å². The Kier molecular flexibility index (Phi) is 6.71. The quantitative estimate of drug-likeness (QED) is 0.504. The van der Waals surface area contributed by atoms with Gasteiger partial charge in [0.2, 0.25) is 0 Å². The highest BCUT2D eigenvalue weighted by Crippen LogP contribution is 2.65. The Morgan fingerprint density at radius 1 is 1.07 bits per heavy atom. The van der Waals surface area contributed by atoms with Gasteiger partial charge in [-0.2, -0.15) is 0 Å². The zero-order valence-corrected chi connectivity index (χ0v) is 19.1. The topological polar surface area (TPSA) is 66.0 Å². The van der Waals surface area contributed by atoms with Gasteiger partial charge in [0.05, 0.1) is 32.5 Å². The molecule has 0 aliphatic carbocycles. The predicted molar refractivity (Wildman–Crippen MR) is 116 cm³/mol. The number of halogens is 2. The number of hydrogen-bond donors (Lipinski definition) is 1. The first kappa shape index (κ1) is 22.3. The average molecular weight is 460 g/mol. The van der Waals surface area contributed by atoms with Crippen molar-refractivity contribution in [3.05, 3.63) is 52.0 Å². The molecule has 1 aliphatic rings. The number of benzene rings is 2. The molecule has 6 nitrogen and oxygen atoms in total. The molecular formula is C20H24Cl2NO5P. The summed E-state index contributed by atoms with van der Waals surface area (Å²) in [6.45, 7) is 4.56. The molecule has 3 rings (SSSR count). The second-order valence-electron chi connectivity index (χ2n) is 7.54. The Balaban J connectivity index is 2.06. The Labute approximate surface area is 180 Å². The van der Waals surface area contributed by atoms with E-state index in [0.29, 0.717) is 46.0 Å². The van der Waals surface area contributed by atoms with Crippen LogP contribution in [0.15, 0.2) is 36.4 Å². The van der Waals surface area contributed by atoms with Gasteiger partial charge < -0.3 is 23.8 Å². The first-order valence-electron chi connectivity index (χ1n) is 9.00. The molecule has 0 radical (unpaired) electrons. The van der Waals surface area contributed by atoms with E-state index in [2.05, 4.69) is 5.32 Å². The molecule has 0 bridgehead atoms. The number of rotatable bonds is 6. The van der Waals surface area contributed by atoms with Crippen molar-refractivity contribution in [2.75, 3.05) is 32.8 Å². The van der Waals surface area contributed by atoms with Gasteiger partial charge >= 0.3 is 7.60 Å². The molecule has 1 N–H and O–H groups in total. The molecule has 0 aromatic heterocycles. The van der Waals surface area contributed by atoms with Crippen LogP contribution in [0.1, 0.15) is 25.2 Å². The average Bonchev–Trinajstić information content (AvgIpc) is 2.68. The molecule has 0 amide bonds. The molecule has 29 heavy (non-hydrogen) atoms. The zero-order valence-electron chi connectivity index (χ0n) is 16.7. The fraction of sp³-hybridized carbons (Fsp3) is 0.400. The van der Waals surface area contributed by atoms with Crippen LogP contribution in [0.25, 0.3) is 0 Å². The maximum absolute atomic E-state index is 13.8. The van der Waals surface area contributed by atoms with E-state index in [4.69, 9.17) is 41.7 Å². The highest BCUT2D eigenvalue weighted by molar-refractivity contribution is 7.54.